The number of hydrogen-bond acceptors (Lipinski definition) is 3. The highest BCUT2D eigenvalue weighted by Crippen LogP contribution is 2.19. The van der Waals surface area contributed by atoms with Crippen LogP contribution >= 0.6 is 15.9 Å². The van der Waals surface area contributed by atoms with Gasteiger partial charge in [-0.15, -0.1) is 5.10 Å². The molecule has 3 aromatic rings. The topological polar surface area (TPSA) is 43.6 Å². The SMILES string of the molecule is Cc1nc(Br)ccc1-n1nnc2ccccc21. The summed E-state index contributed by atoms with van der Waals surface area (Å²) in [4.78, 5) is 4.36. The monoisotopic (exact) mass is 288 g/mol. The van der Waals surface area contributed by atoms with Gasteiger partial charge in [0.25, 0.3) is 0 Å². The summed E-state index contributed by atoms with van der Waals surface area (Å²) in [5.41, 5.74) is 3.73. The lowest BCUT2D eigenvalue weighted by molar-refractivity contribution is 0.811. The Kier molecular flexibility index (Phi) is 2.40. The number of para-hydroxylation sites is 1. The maximum Gasteiger partial charge on any atom is 0.113 e. The third-order valence-electron chi connectivity index (χ3n) is 2.60. The molecule has 0 bridgehead atoms. The minimum absolute atomic E-state index is 0.822. The summed E-state index contributed by atoms with van der Waals surface area (Å²) in [5.74, 6) is 0. The van der Waals surface area contributed by atoms with Gasteiger partial charge in [-0.25, -0.2) is 9.67 Å². The van der Waals surface area contributed by atoms with Crippen molar-refractivity contribution in [3.63, 3.8) is 0 Å². The van der Waals surface area contributed by atoms with Gasteiger partial charge in [-0.2, -0.15) is 0 Å². The standard InChI is InChI=1S/C12H9BrN4/c1-8-10(6-7-12(13)14-8)17-11-5-3-2-4-9(11)15-16-17/h2-7H,1H3. The van der Waals surface area contributed by atoms with E-state index in [4.69, 9.17) is 0 Å². The first-order valence-electron chi connectivity index (χ1n) is 5.20. The highest BCUT2D eigenvalue weighted by Gasteiger charge is 2.08. The van der Waals surface area contributed by atoms with Gasteiger partial charge in [0, 0.05) is 0 Å². The highest BCUT2D eigenvalue weighted by atomic mass is 79.9. The van der Waals surface area contributed by atoms with Crippen LogP contribution < -0.4 is 0 Å². The van der Waals surface area contributed by atoms with E-state index in [9.17, 15) is 0 Å². The molecule has 0 saturated heterocycles. The van der Waals surface area contributed by atoms with Crippen molar-refractivity contribution >= 4 is 27.0 Å². The average molecular weight is 289 g/mol. The molecule has 0 fully saturated rings. The van der Waals surface area contributed by atoms with Gasteiger partial charge in [-0.3, -0.25) is 0 Å². The number of aromatic nitrogens is 4. The first-order chi connectivity index (χ1) is 8.25. The van der Waals surface area contributed by atoms with E-state index in [2.05, 4.69) is 31.2 Å². The molecule has 0 saturated carbocycles. The van der Waals surface area contributed by atoms with Crippen LogP contribution in [0.5, 0.6) is 0 Å². The number of aryl methyl sites for hydroxylation is 1. The Morgan fingerprint density at radius 2 is 1.94 bits per heavy atom. The smallest absolute Gasteiger partial charge is 0.113 e. The molecule has 3 rings (SSSR count). The van der Waals surface area contributed by atoms with E-state index in [0.29, 0.717) is 0 Å². The second-order valence-corrected chi connectivity index (χ2v) is 4.54. The van der Waals surface area contributed by atoms with Crippen LogP contribution in [0.1, 0.15) is 5.69 Å². The van der Waals surface area contributed by atoms with Gasteiger partial charge in [-0.1, -0.05) is 17.3 Å². The third kappa shape index (κ3) is 1.72. The molecular formula is C12H9BrN4. The van der Waals surface area contributed by atoms with E-state index in [-0.39, 0.29) is 0 Å². The molecule has 17 heavy (non-hydrogen) atoms. The molecule has 0 aliphatic rings. The van der Waals surface area contributed by atoms with Gasteiger partial charge >= 0.3 is 0 Å². The van der Waals surface area contributed by atoms with Gasteiger partial charge in [0.1, 0.15) is 10.1 Å². The molecule has 0 radical (unpaired) electrons. The van der Waals surface area contributed by atoms with Crippen molar-refractivity contribution in [2.45, 2.75) is 6.92 Å². The Hall–Kier alpha value is -1.75. The Balaban J connectivity index is 2.27. The van der Waals surface area contributed by atoms with Crippen molar-refractivity contribution < 1.29 is 0 Å². The molecule has 2 heterocycles. The lowest BCUT2D eigenvalue weighted by atomic mass is 10.3. The van der Waals surface area contributed by atoms with Crippen LogP contribution in [0.15, 0.2) is 41.0 Å². The second kappa shape index (κ2) is 3.92. The van der Waals surface area contributed by atoms with Crippen molar-refractivity contribution in [1.82, 2.24) is 20.0 Å². The second-order valence-electron chi connectivity index (χ2n) is 3.73. The maximum atomic E-state index is 4.36. The molecule has 0 aliphatic heterocycles. The summed E-state index contributed by atoms with van der Waals surface area (Å²) >= 11 is 3.35. The highest BCUT2D eigenvalue weighted by molar-refractivity contribution is 9.10. The molecule has 4 nitrogen and oxygen atoms in total. The largest absolute Gasteiger partial charge is 0.244 e. The lowest BCUT2D eigenvalue weighted by Crippen LogP contribution is -2.01. The molecule has 0 aliphatic carbocycles. The Morgan fingerprint density at radius 1 is 1.12 bits per heavy atom. The number of nitrogens with zero attached hydrogens (tertiary/aromatic N) is 4. The molecule has 0 spiro atoms. The van der Waals surface area contributed by atoms with Gasteiger partial charge in [0.2, 0.25) is 0 Å². The molecular weight excluding hydrogens is 280 g/mol. The molecule has 1 aromatic carbocycles. The fourth-order valence-electron chi connectivity index (χ4n) is 1.79. The van der Waals surface area contributed by atoms with Crippen molar-refractivity contribution in [1.29, 1.82) is 0 Å². The minimum atomic E-state index is 0.822. The van der Waals surface area contributed by atoms with E-state index in [0.717, 1.165) is 27.0 Å². The lowest BCUT2D eigenvalue weighted by Gasteiger charge is -2.05. The Bertz CT molecular complexity index is 690. The molecule has 0 unspecified atom stereocenters. The summed E-state index contributed by atoms with van der Waals surface area (Å²) in [6, 6.07) is 11.8. The van der Waals surface area contributed by atoms with Crippen molar-refractivity contribution in [3.8, 4) is 5.69 Å². The molecule has 0 amide bonds. The zero-order chi connectivity index (χ0) is 11.8. The Morgan fingerprint density at radius 3 is 2.76 bits per heavy atom. The van der Waals surface area contributed by atoms with Crippen molar-refractivity contribution in [2.24, 2.45) is 0 Å². The van der Waals surface area contributed by atoms with Gasteiger partial charge in [0.15, 0.2) is 0 Å². The van der Waals surface area contributed by atoms with Crippen LogP contribution in [0.2, 0.25) is 0 Å². The number of halogens is 1. The predicted octanol–water partition coefficient (Wildman–Crippen LogP) is 2.89. The summed E-state index contributed by atoms with van der Waals surface area (Å²) in [7, 11) is 0. The van der Waals surface area contributed by atoms with Crippen molar-refractivity contribution in [3.05, 3.63) is 46.7 Å². The summed E-state index contributed by atoms with van der Waals surface area (Å²) < 4.78 is 2.63. The third-order valence-corrected chi connectivity index (χ3v) is 3.05. The van der Waals surface area contributed by atoms with Crippen LogP contribution in [0, 0.1) is 6.92 Å². The van der Waals surface area contributed by atoms with Gasteiger partial charge in [-0.05, 0) is 47.1 Å². The molecule has 5 heteroatoms. The summed E-state index contributed by atoms with van der Waals surface area (Å²) in [5, 5.41) is 8.30. The molecule has 84 valence electrons. The van der Waals surface area contributed by atoms with E-state index in [1.165, 1.54) is 0 Å². The van der Waals surface area contributed by atoms with E-state index in [1.54, 1.807) is 0 Å². The van der Waals surface area contributed by atoms with Crippen LogP contribution in [-0.4, -0.2) is 20.0 Å². The molecule has 0 N–H and O–H groups in total. The zero-order valence-corrected chi connectivity index (χ0v) is 10.7. The number of rotatable bonds is 1. The quantitative estimate of drug-likeness (QED) is 0.647. The minimum Gasteiger partial charge on any atom is -0.244 e. The maximum absolute atomic E-state index is 4.36. The predicted molar refractivity (Wildman–Crippen MR) is 69.1 cm³/mol. The van der Waals surface area contributed by atoms with Crippen molar-refractivity contribution in [2.75, 3.05) is 0 Å². The normalized spacial score (nSPS) is 10.9. The molecule has 2 aromatic heterocycles. The average Bonchev–Trinajstić information content (AvgIpc) is 2.73. The number of fused-ring (bicyclic) bond motifs is 1. The van der Waals surface area contributed by atoms with Gasteiger partial charge in [0.05, 0.1) is 16.9 Å². The first-order valence-corrected chi connectivity index (χ1v) is 5.99. The summed E-state index contributed by atoms with van der Waals surface area (Å²) in [6.07, 6.45) is 0. The van der Waals surface area contributed by atoms with Crippen LogP contribution in [-0.2, 0) is 0 Å². The van der Waals surface area contributed by atoms with Crippen LogP contribution in [0.3, 0.4) is 0 Å². The fourth-order valence-corrected chi connectivity index (χ4v) is 2.19. The number of pyridine rings is 1. The fraction of sp³-hybridized carbons (Fsp3) is 0.0833. The number of hydrogen-bond donors (Lipinski definition) is 0. The van der Waals surface area contributed by atoms with E-state index >= 15 is 0 Å². The van der Waals surface area contributed by atoms with E-state index < -0.39 is 0 Å². The first kappa shape index (κ1) is 10.4. The van der Waals surface area contributed by atoms with Gasteiger partial charge < -0.3 is 0 Å². The number of benzene rings is 1. The van der Waals surface area contributed by atoms with E-state index in [1.807, 2.05) is 48.0 Å². The molecule has 0 atom stereocenters. The summed E-state index contributed by atoms with van der Waals surface area (Å²) in [6.45, 7) is 1.95. The van der Waals surface area contributed by atoms with Crippen LogP contribution in [0.4, 0.5) is 0 Å². The zero-order valence-electron chi connectivity index (χ0n) is 9.13. The van der Waals surface area contributed by atoms with Crippen LogP contribution in [0.25, 0.3) is 16.7 Å². The Labute approximate surface area is 106 Å².